The lowest BCUT2D eigenvalue weighted by atomic mass is 9.79. The van der Waals surface area contributed by atoms with Crippen LogP contribution in [0.25, 0.3) is 0 Å². The maximum absolute atomic E-state index is 11.4. The maximum Gasteiger partial charge on any atom is 0.490 e. The number of amides is 2. The van der Waals surface area contributed by atoms with Crippen LogP contribution in [-0.4, -0.2) is 42.6 Å². The fourth-order valence-electron chi connectivity index (χ4n) is 1.53. The molecule has 0 heterocycles. The first kappa shape index (κ1) is 16.8. The van der Waals surface area contributed by atoms with E-state index in [1.807, 2.05) is 0 Å². The SMILES string of the molecule is CCOC(=O)Nc1ccc(B(O)O)c(NC(=O)OCC)c1. The van der Waals surface area contributed by atoms with Crippen LogP contribution in [-0.2, 0) is 9.47 Å². The first-order valence-corrected chi connectivity index (χ1v) is 6.35. The molecule has 0 saturated heterocycles. The van der Waals surface area contributed by atoms with Gasteiger partial charge in [-0.1, -0.05) is 6.07 Å². The van der Waals surface area contributed by atoms with Crippen molar-refractivity contribution in [3.8, 4) is 0 Å². The molecule has 0 bridgehead atoms. The molecule has 1 rings (SSSR count). The second-order valence-corrected chi connectivity index (χ2v) is 3.87. The van der Waals surface area contributed by atoms with E-state index in [2.05, 4.69) is 10.6 Å². The lowest BCUT2D eigenvalue weighted by Gasteiger charge is -2.13. The first-order valence-electron chi connectivity index (χ1n) is 6.35. The molecule has 0 aromatic heterocycles. The minimum Gasteiger partial charge on any atom is -0.450 e. The molecular formula is C12H17BN2O6. The molecule has 21 heavy (non-hydrogen) atoms. The van der Waals surface area contributed by atoms with Gasteiger partial charge in [0.1, 0.15) is 0 Å². The van der Waals surface area contributed by atoms with Crippen LogP contribution in [0.3, 0.4) is 0 Å². The molecule has 0 aliphatic rings. The number of hydrogen-bond acceptors (Lipinski definition) is 6. The van der Waals surface area contributed by atoms with Gasteiger partial charge in [0.25, 0.3) is 0 Å². The Balaban J connectivity index is 2.94. The van der Waals surface area contributed by atoms with Crippen molar-refractivity contribution >= 4 is 36.1 Å². The zero-order valence-corrected chi connectivity index (χ0v) is 11.8. The minimum atomic E-state index is -1.78. The van der Waals surface area contributed by atoms with E-state index in [1.54, 1.807) is 13.8 Å². The van der Waals surface area contributed by atoms with Crippen molar-refractivity contribution in [1.82, 2.24) is 0 Å². The first-order chi connectivity index (χ1) is 9.97. The molecule has 0 aliphatic carbocycles. The number of carbonyl (C=O) groups is 2. The Kier molecular flexibility index (Phi) is 6.50. The number of ether oxygens (including phenoxy) is 2. The van der Waals surface area contributed by atoms with Crippen molar-refractivity contribution in [3.63, 3.8) is 0 Å². The van der Waals surface area contributed by atoms with Gasteiger partial charge in [0.05, 0.1) is 13.2 Å². The highest BCUT2D eigenvalue weighted by Gasteiger charge is 2.18. The standard InChI is InChI=1S/C12H17BN2O6/c1-3-20-11(16)14-8-5-6-9(13(18)19)10(7-8)15-12(17)21-4-2/h5-7,18-19H,3-4H2,1-2H3,(H,14,16)(H,15,17). The molecule has 0 spiro atoms. The Labute approximate surface area is 122 Å². The monoisotopic (exact) mass is 296 g/mol. The van der Waals surface area contributed by atoms with Crippen LogP contribution in [0.15, 0.2) is 18.2 Å². The predicted molar refractivity (Wildman–Crippen MR) is 77.6 cm³/mol. The molecule has 0 saturated carbocycles. The molecular weight excluding hydrogens is 279 g/mol. The van der Waals surface area contributed by atoms with Gasteiger partial charge in [0, 0.05) is 16.8 Å². The minimum absolute atomic E-state index is 0.0671. The maximum atomic E-state index is 11.4. The van der Waals surface area contributed by atoms with E-state index in [9.17, 15) is 19.6 Å². The summed E-state index contributed by atoms with van der Waals surface area (Å²) >= 11 is 0. The topological polar surface area (TPSA) is 117 Å². The van der Waals surface area contributed by atoms with Gasteiger partial charge in [-0.15, -0.1) is 0 Å². The third-order valence-corrected chi connectivity index (χ3v) is 2.37. The zero-order valence-electron chi connectivity index (χ0n) is 11.8. The highest BCUT2D eigenvalue weighted by Crippen LogP contribution is 2.14. The molecule has 114 valence electrons. The van der Waals surface area contributed by atoms with Gasteiger partial charge >= 0.3 is 19.3 Å². The van der Waals surface area contributed by atoms with E-state index in [-0.39, 0.29) is 24.4 Å². The van der Waals surface area contributed by atoms with Crippen molar-refractivity contribution < 1.29 is 29.1 Å². The Bertz CT molecular complexity index is 509. The van der Waals surface area contributed by atoms with Crippen LogP contribution in [0.1, 0.15) is 13.8 Å². The van der Waals surface area contributed by atoms with Gasteiger partial charge in [-0.2, -0.15) is 0 Å². The van der Waals surface area contributed by atoms with E-state index < -0.39 is 19.3 Å². The number of carbonyl (C=O) groups excluding carboxylic acids is 2. The normalized spacial score (nSPS) is 9.71. The van der Waals surface area contributed by atoms with E-state index >= 15 is 0 Å². The highest BCUT2D eigenvalue weighted by molar-refractivity contribution is 6.60. The smallest absolute Gasteiger partial charge is 0.450 e. The number of anilines is 2. The average Bonchev–Trinajstić information content (AvgIpc) is 2.38. The van der Waals surface area contributed by atoms with Crippen molar-refractivity contribution in [3.05, 3.63) is 18.2 Å². The zero-order chi connectivity index (χ0) is 15.8. The highest BCUT2D eigenvalue weighted by atomic mass is 16.6. The van der Waals surface area contributed by atoms with E-state index in [0.717, 1.165) is 0 Å². The summed E-state index contributed by atoms with van der Waals surface area (Å²) in [5.41, 5.74) is 0.500. The summed E-state index contributed by atoms with van der Waals surface area (Å²) in [4.78, 5) is 22.7. The van der Waals surface area contributed by atoms with Gasteiger partial charge in [-0.05, 0) is 26.0 Å². The van der Waals surface area contributed by atoms with E-state index in [1.165, 1.54) is 18.2 Å². The van der Waals surface area contributed by atoms with Crippen molar-refractivity contribution in [2.24, 2.45) is 0 Å². The third kappa shape index (κ3) is 5.32. The molecule has 1 aromatic rings. The summed E-state index contributed by atoms with van der Waals surface area (Å²) in [7, 11) is -1.78. The number of nitrogens with one attached hydrogen (secondary N) is 2. The van der Waals surface area contributed by atoms with Crippen LogP contribution in [0, 0.1) is 0 Å². The average molecular weight is 296 g/mol. The van der Waals surface area contributed by atoms with Crippen LogP contribution in [0.2, 0.25) is 0 Å². The van der Waals surface area contributed by atoms with Crippen LogP contribution in [0.4, 0.5) is 21.0 Å². The quantitative estimate of drug-likeness (QED) is 0.588. The van der Waals surface area contributed by atoms with Crippen molar-refractivity contribution in [2.75, 3.05) is 23.8 Å². The van der Waals surface area contributed by atoms with Gasteiger partial charge in [-0.25, -0.2) is 9.59 Å². The van der Waals surface area contributed by atoms with E-state index in [0.29, 0.717) is 5.69 Å². The van der Waals surface area contributed by atoms with Crippen LogP contribution < -0.4 is 16.1 Å². The van der Waals surface area contributed by atoms with Gasteiger partial charge in [-0.3, -0.25) is 10.6 Å². The molecule has 0 aliphatic heterocycles. The number of rotatable bonds is 5. The second kappa shape index (κ2) is 8.13. The van der Waals surface area contributed by atoms with Crippen molar-refractivity contribution in [2.45, 2.75) is 13.8 Å². The molecule has 1 aromatic carbocycles. The largest absolute Gasteiger partial charge is 0.490 e. The molecule has 0 atom stereocenters. The summed E-state index contributed by atoms with van der Waals surface area (Å²) < 4.78 is 9.44. The lowest BCUT2D eigenvalue weighted by Crippen LogP contribution is -2.33. The number of hydrogen-bond donors (Lipinski definition) is 4. The summed E-state index contributed by atoms with van der Waals surface area (Å²) in [5, 5.41) is 23.3. The van der Waals surface area contributed by atoms with Gasteiger partial charge < -0.3 is 19.5 Å². The Morgan fingerprint density at radius 1 is 1.10 bits per heavy atom. The Hall–Kier alpha value is -2.26. The fourth-order valence-corrected chi connectivity index (χ4v) is 1.53. The second-order valence-electron chi connectivity index (χ2n) is 3.87. The Morgan fingerprint density at radius 2 is 1.67 bits per heavy atom. The summed E-state index contributed by atoms with van der Waals surface area (Å²) in [5.74, 6) is 0. The summed E-state index contributed by atoms with van der Waals surface area (Å²) in [6, 6.07) is 4.17. The molecule has 0 radical (unpaired) electrons. The molecule has 9 heteroatoms. The molecule has 0 unspecified atom stereocenters. The van der Waals surface area contributed by atoms with Crippen LogP contribution in [0.5, 0.6) is 0 Å². The van der Waals surface area contributed by atoms with E-state index in [4.69, 9.17) is 9.47 Å². The predicted octanol–water partition coefficient (Wildman–Crippen LogP) is 0.503. The summed E-state index contributed by atoms with van der Waals surface area (Å²) in [6.45, 7) is 3.69. The van der Waals surface area contributed by atoms with Gasteiger partial charge in [0.15, 0.2) is 0 Å². The van der Waals surface area contributed by atoms with Crippen molar-refractivity contribution in [1.29, 1.82) is 0 Å². The Morgan fingerprint density at radius 3 is 2.19 bits per heavy atom. The fraction of sp³-hybridized carbons (Fsp3) is 0.333. The molecule has 0 fully saturated rings. The number of benzene rings is 1. The lowest BCUT2D eigenvalue weighted by molar-refractivity contribution is 0.167. The van der Waals surface area contributed by atoms with Crippen LogP contribution >= 0.6 is 0 Å². The molecule has 8 nitrogen and oxygen atoms in total. The van der Waals surface area contributed by atoms with Gasteiger partial charge in [0.2, 0.25) is 0 Å². The molecule has 4 N–H and O–H groups in total. The molecule has 2 amide bonds. The summed E-state index contributed by atoms with van der Waals surface area (Å²) in [6.07, 6.45) is -1.40. The third-order valence-electron chi connectivity index (χ3n) is 2.37.